The van der Waals surface area contributed by atoms with Gasteiger partial charge in [0.1, 0.15) is 0 Å². The monoisotopic (exact) mass is 410 g/mol. The molecule has 1 N–H and O–H groups in total. The SMILES string of the molecule is COc1cc(C)c(C(C)NC(=O)Cc2csc(Cc3ccccc3)n2)cc1OC. The van der Waals surface area contributed by atoms with Gasteiger partial charge in [-0.25, -0.2) is 4.98 Å². The number of nitrogens with one attached hydrogen (secondary N) is 1. The van der Waals surface area contributed by atoms with Crippen molar-refractivity contribution in [3.8, 4) is 11.5 Å². The van der Waals surface area contributed by atoms with E-state index in [0.717, 1.165) is 28.2 Å². The molecule has 0 aliphatic rings. The van der Waals surface area contributed by atoms with E-state index in [4.69, 9.17) is 9.47 Å². The van der Waals surface area contributed by atoms with E-state index in [1.165, 1.54) is 5.56 Å². The molecular weight excluding hydrogens is 384 g/mol. The highest BCUT2D eigenvalue weighted by atomic mass is 32.1. The summed E-state index contributed by atoms with van der Waals surface area (Å²) >= 11 is 1.59. The summed E-state index contributed by atoms with van der Waals surface area (Å²) in [6, 6.07) is 13.9. The van der Waals surface area contributed by atoms with Gasteiger partial charge < -0.3 is 14.8 Å². The van der Waals surface area contributed by atoms with Crippen LogP contribution < -0.4 is 14.8 Å². The van der Waals surface area contributed by atoms with E-state index >= 15 is 0 Å². The third-order valence-corrected chi connectivity index (χ3v) is 5.65. The van der Waals surface area contributed by atoms with Gasteiger partial charge in [0.05, 0.1) is 37.4 Å². The second kappa shape index (κ2) is 9.56. The summed E-state index contributed by atoms with van der Waals surface area (Å²) in [6.07, 6.45) is 1.05. The van der Waals surface area contributed by atoms with Crippen LogP contribution >= 0.6 is 11.3 Å². The molecular formula is C23H26N2O3S. The van der Waals surface area contributed by atoms with Crippen molar-refractivity contribution >= 4 is 17.2 Å². The second-order valence-electron chi connectivity index (χ2n) is 6.92. The number of rotatable bonds is 8. The molecule has 5 nitrogen and oxygen atoms in total. The minimum atomic E-state index is -0.148. The molecule has 0 aliphatic carbocycles. The standard InChI is InChI=1S/C23H26N2O3S/c1-15-10-20(27-3)21(28-4)13-19(15)16(2)24-22(26)12-18-14-29-23(25-18)11-17-8-6-5-7-9-17/h5-10,13-14,16H,11-12H2,1-4H3,(H,24,26). The lowest BCUT2D eigenvalue weighted by molar-refractivity contribution is -0.121. The fraction of sp³-hybridized carbons (Fsp3) is 0.304. The van der Waals surface area contributed by atoms with Crippen molar-refractivity contribution in [2.24, 2.45) is 0 Å². The Morgan fingerprint density at radius 1 is 1.14 bits per heavy atom. The number of benzene rings is 2. The van der Waals surface area contributed by atoms with Crippen LogP contribution in [-0.4, -0.2) is 25.1 Å². The summed E-state index contributed by atoms with van der Waals surface area (Å²) < 4.78 is 10.7. The normalized spacial score (nSPS) is 11.7. The Morgan fingerprint density at radius 3 is 2.52 bits per heavy atom. The van der Waals surface area contributed by atoms with Crippen LogP contribution in [-0.2, 0) is 17.6 Å². The van der Waals surface area contributed by atoms with Gasteiger partial charge in [0.15, 0.2) is 11.5 Å². The molecule has 0 bridgehead atoms. The Bertz CT molecular complexity index is 970. The lowest BCUT2D eigenvalue weighted by Crippen LogP contribution is -2.28. The van der Waals surface area contributed by atoms with Crippen molar-refractivity contribution in [1.29, 1.82) is 0 Å². The van der Waals surface area contributed by atoms with Crippen molar-refractivity contribution in [2.75, 3.05) is 14.2 Å². The summed E-state index contributed by atoms with van der Waals surface area (Å²) in [4.78, 5) is 17.2. The number of aromatic nitrogens is 1. The maximum atomic E-state index is 12.6. The Labute approximate surface area is 175 Å². The largest absolute Gasteiger partial charge is 0.493 e. The van der Waals surface area contributed by atoms with Gasteiger partial charge >= 0.3 is 0 Å². The lowest BCUT2D eigenvalue weighted by Gasteiger charge is -2.19. The molecule has 152 valence electrons. The van der Waals surface area contributed by atoms with Crippen LogP contribution in [0.1, 0.15) is 40.4 Å². The Hall–Kier alpha value is -2.86. The van der Waals surface area contributed by atoms with E-state index in [-0.39, 0.29) is 18.4 Å². The van der Waals surface area contributed by atoms with E-state index in [9.17, 15) is 4.79 Å². The van der Waals surface area contributed by atoms with Gasteiger partial charge in [0.2, 0.25) is 5.91 Å². The number of thiazole rings is 1. The third kappa shape index (κ3) is 5.35. The van der Waals surface area contributed by atoms with Crippen molar-refractivity contribution in [2.45, 2.75) is 32.7 Å². The number of nitrogens with zero attached hydrogens (tertiary/aromatic N) is 1. The highest BCUT2D eigenvalue weighted by Crippen LogP contribution is 2.32. The first-order valence-corrected chi connectivity index (χ1v) is 10.4. The van der Waals surface area contributed by atoms with Crippen LogP contribution in [0.3, 0.4) is 0 Å². The number of amides is 1. The number of aryl methyl sites for hydroxylation is 1. The maximum absolute atomic E-state index is 12.6. The Kier molecular flexibility index (Phi) is 6.88. The predicted molar refractivity (Wildman–Crippen MR) is 116 cm³/mol. The van der Waals surface area contributed by atoms with Gasteiger partial charge in [-0.15, -0.1) is 11.3 Å². The first kappa shape index (κ1) is 20.9. The molecule has 0 saturated heterocycles. The molecule has 0 aliphatic heterocycles. The molecule has 1 unspecified atom stereocenters. The molecule has 1 atom stereocenters. The minimum absolute atomic E-state index is 0.0525. The average Bonchev–Trinajstić information content (AvgIpc) is 3.14. The van der Waals surface area contributed by atoms with Crippen LogP contribution in [0.4, 0.5) is 0 Å². The van der Waals surface area contributed by atoms with E-state index in [1.54, 1.807) is 25.6 Å². The number of carbonyl (C=O) groups excluding carboxylic acids is 1. The van der Waals surface area contributed by atoms with Crippen LogP contribution in [0.5, 0.6) is 11.5 Å². The molecule has 0 saturated carbocycles. The Balaban J connectivity index is 1.62. The number of methoxy groups -OCH3 is 2. The fourth-order valence-electron chi connectivity index (χ4n) is 3.28. The number of carbonyl (C=O) groups is 1. The summed E-state index contributed by atoms with van der Waals surface area (Å²) in [5, 5.41) is 6.04. The fourth-order valence-corrected chi connectivity index (χ4v) is 4.11. The molecule has 2 aromatic carbocycles. The quantitative estimate of drug-likeness (QED) is 0.595. The van der Waals surface area contributed by atoms with Crippen LogP contribution in [0.25, 0.3) is 0 Å². The van der Waals surface area contributed by atoms with Crippen molar-refractivity contribution in [1.82, 2.24) is 10.3 Å². The van der Waals surface area contributed by atoms with Crippen LogP contribution in [0.15, 0.2) is 47.8 Å². The third-order valence-electron chi connectivity index (χ3n) is 4.76. The van der Waals surface area contributed by atoms with Gasteiger partial charge in [-0.05, 0) is 42.7 Å². The molecule has 1 heterocycles. The van der Waals surface area contributed by atoms with Gasteiger partial charge in [0, 0.05) is 11.8 Å². The van der Waals surface area contributed by atoms with E-state index in [2.05, 4.69) is 22.4 Å². The van der Waals surface area contributed by atoms with Crippen molar-refractivity contribution in [3.63, 3.8) is 0 Å². The molecule has 29 heavy (non-hydrogen) atoms. The summed E-state index contributed by atoms with van der Waals surface area (Å²) in [5.74, 6) is 1.28. The van der Waals surface area contributed by atoms with Crippen molar-refractivity contribution < 1.29 is 14.3 Å². The molecule has 0 spiro atoms. The van der Waals surface area contributed by atoms with E-state index in [0.29, 0.717) is 11.5 Å². The average molecular weight is 411 g/mol. The van der Waals surface area contributed by atoms with Gasteiger partial charge in [-0.2, -0.15) is 0 Å². The summed E-state index contributed by atoms with van der Waals surface area (Å²) in [7, 11) is 3.22. The summed E-state index contributed by atoms with van der Waals surface area (Å²) in [6.45, 7) is 3.96. The first-order valence-electron chi connectivity index (χ1n) is 9.49. The maximum Gasteiger partial charge on any atom is 0.226 e. The minimum Gasteiger partial charge on any atom is -0.493 e. The summed E-state index contributed by atoms with van der Waals surface area (Å²) in [5.41, 5.74) is 4.05. The van der Waals surface area contributed by atoms with E-state index < -0.39 is 0 Å². The van der Waals surface area contributed by atoms with Gasteiger partial charge in [-0.3, -0.25) is 4.79 Å². The molecule has 0 fully saturated rings. The van der Waals surface area contributed by atoms with Crippen molar-refractivity contribution in [3.05, 3.63) is 75.2 Å². The zero-order valence-corrected chi connectivity index (χ0v) is 18.0. The van der Waals surface area contributed by atoms with Crippen LogP contribution in [0, 0.1) is 6.92 Å². The smallest absolute Gasteiger partial charge is 0.226 e. The second-order valence-corrected chi connectivity index (χ2v) is 7.87. The molecule has 3 aromatic rings. The molecule has 6 heteroatoms. The number of ether oxygens (including phenoxy) is 2. The highest BCUT2D eigenvalue weighted by Gasteiger charge is 2.17. The lowest BCUT2D eigenvalue weighted by atomic mass is 10.0. The number of hydrogen-bond donors (Lipinski definition) is 1. The van der Waals surface area contributed by atoms with Gasteiger partial charge in [0.25, 0.3) is 0 Å². The zero-order chi connectivity index (χ0) is 20.8. The highest BCUT2D eigenvalue weighted by molar-refractivity contribution is 7.09. The molecule has 0 radical (unpaired) electrons. The molecule has 3 rings (SSSR count). The first-order chi connectivity index (χ1) is 14.0. The topological polar surface area (TPSA) is 60.5 Å². The van der Waals surface area contributed by atoms with Gasteiger partial charge in [-0.1, -0.05) is 30.3 Å². The molecule has 1 amide bonds. The van der Waals surface area contributed by atoms with Crippen LogP contribution in [0.2, 0.25) is 0 Å². The number of hydrogen-bond acceptors (Lipinski definition) is 5. The Morgan fingerprint density at radius 2 is 1.83 bits per heavy atom. The predicted octanol–water partition coefficient (Wildman–Crippen LogP) is 4.48. The zero-order valence-electron chi connectivity index (χ0n) is 17.2. The molecule has 1 aromatic heterocycles. The van der Waals surface area contributed by atoms with E-state index in [1.807, 2.05) is 49.6 Å².